The van der Waals surface area contributed by atoms with Gasteiger partial charge in [0.15, 0.2) is 0 Å². The molecule has 30 heavy (non-hydrogen) atoms. The molecule has 0 saturated carbocycles. The van der Waals surface area contributed by atoms with E-state index in [4.69, 9.17) is 4.98 Å². The quantitative estimate of drug-likeness (QED) is 0.670. The van der Waals surface area contributed by atoms with Gasteiger partial charge in [0.25, 0.3) is 5.91 Å². The minimum atomic E-state index is -0.489. The molecule has 7 nitrogen and oxygen atoms in total. The van der Waals surface area contributed by atoms with Crippen LogP contribution in [0, 0.1) is 6.92 Å². The van der Waals surface area contributed by atoms with Crippen LogP contribution in [0.3, 0.4) is 0 Å². The zero-order chi connectivity index (χ0) is 21.6. The van der Waals surface area contributed by atoms with Crippen molar-refractivity contribution in [2.24, 2.45) is 0 Å². The Bertz CT molecular complexity index is 1130. The molecular formula is C23H27N5O2. The number of hydrogen-bond acceptors (Lipinski definition) is 4. The second-order valence-electron chi connectivity index (χ2n) is 8.31. The SMILES string of the molecule is Cc1ccc2c(C(=O)N3CCN(C)C(=O)[C@@H]3C)cc(-c3cnn(C(C)C)c3)nc2c1. The molecular weight excluding hydrogens is 378 g/mol. The van der Waals surface area contributed by atoms with Crippen molar-refractivity contribution in [3.8, 4) is 11.3 Å². The van der Waals surface area contributed by atoms with Crippen LogP contribution in [0.15, 0.2) is 36.7 Å². The van der Waals surface area contributed by atoms with Gasteiger partial charge in [-0.05, 0) is 45.4 Å². The highest BCUT2D eigenvalue weighted by Gasteiger charge is 2.33. The number of nitrogens with zero attached hydrogens (tertiary/aromatic N) is 5. The Kier molecular flexibility index (Phi) is 5.05. The van der Waals surface area contributed by atoms with Crippen molar-refractivity contribution >= 4 is 22.7 Å². The maximum absolute atomic E-state index is 13.6. The van der Waals surface area contributed by atoms with Crippen molar-refractivity contribution in [2.75, 3.05) is 20.1 Å². The molecule has 2 amide bonds. The van der Waals surface area contributed by atoms with Crippen molar-refractivity contribution in [1.29, 1.82) is 0 Å². The molecule has 0 bridgehead atoms. The number of aryl methyl sites for hydroxylation is 1. The summed E-state index contributed by atoms with van der Waals surface area (Å²) in [4.78, 5) is 34.2. The second kappa shape index (κ2) is 7.55. The van der Waals surface area contributed by atoms with Gasteiger partial charge in [-0.1, -0.05) is 12.1 Å². The number of piperazine rings is 1. The van der Waals surface area contributed by atoms with E-state index in [0.29, 0.717) is 24.3 Å². The Labute approximate surface area is 176 Å². The molecule has 0 radical (unpaired) electrons. The fourth-order valence-corrected chi connectivity index (χ4v) is 3.86. The highest BCUT2D eigenvalue weighted by Crippen LogP contribution is 2.28. The zero-order valence-electron chi connectivity index (χ0n) is 18.1. The first-order chi connectivity index (χ1) is 14.3. The van der Waals surface area contributed by atoms with Crippen LogP contribution in [0.5, 0.6) is 0 Å². The van der Waals surface area contributed by atoms with Gasteiger partial charge in [0.1, 0.15) is 6.04 Å². The van der Waals surface area contributed by atoms with Crippen LogP contribution >= 0.6 is 0 Å². The van der Waals surface area contributed by atoms with E-state index in [2.05, 4.69) is 18.9 Å². The zero-order valence-corrected chi connectivity index (χ0v) is 18.1. The molecule has 3 heterocycles. The van der Waals surface area contributed by atoms with Crippen LogP contribution in [0.25, 0.3) is 22.2 Å². The fourth-order valence-electron chi connectivity index (χ4n) is 3.86. The van der Waals surface area contributed by atoms with Crippen LogP contribution < -0.4 is 0 Å². The van der Waals surface area contributed by atoms with Crippen molar-refractivity contribution < 1.29 is 9.59 Å². The lowest BCUT2D eigenvalue weighted by Crippen LogP contribution is -2.56. The van der Waals surface area contributed by atoms with Crippen molar-refractivity contribution in [1.82, 2.24) is 24.6 Å². The van der Waals surface area contributed by atoms with E-state index >= 15 is 0 Å². The second-order valence-corrected chi connectivity index (χ2v) is 8.31. The lowest BCUT2D eigenvalue weighted by molar-refractivity contribution is -0.137. The predicted molar refractivity (Wildman–Crippen MR) is 116 cm³/mol. The average Bonchev–Trinajstić information content (AvgIpc) is 3.21. The molecule has 4 rings (SSSR count). The van der Waals surface area contributed by atoms with Gasteiger partial charge >= 0.3 is 0 Å². The average molecular weight is 406 g/mol. The van der Waals surface area contributed by atoms with E-state index < -0.39 is 6.04 Å². The summed E-state index contributed by atoms with van der Waals surface area (Å²) in [5.74, 6) is -0.181. The highest BCUT2D eigenvalue weighted by atomic mass is 16.2. The van der Waals surface area contributed by atoms with Gasteiger partial charge in [-0.2, -0.15) is 5.10 Å². The molecule has 156 valence electrons. The van der Waals surface area contributed by atoms with Crippen molar-refractivity contribution in [3.05, 3.63) is 47.8 Å². The number of likely N-dealkylation sites (N-methyl/N-ethyl adjacent to an activating group) is 1. The van der Waals surface area contributed by atoms with Crippen LogP contribution in [0.1, 0.15) is 42.7 Å². The molecule has 1 aromatic carbocycles. The van der Waals surface area contributed by atoms with E-state index in [1.54, 1.807) is 30.0 Å². The maximum atomic E-state index is 13.6. The van der Waals surface area contributed by atoms with E-state index in [0.717, 1.165) is 22.0 Å². The number of pyridine rings is 1. The van der Waals surface area contributed by atoms with Gasteiger partial charge in [-0.15, -0.1) is 0 Å². The number of carbonyl (C=O) groups is 2. The Balaban J connectivity index is 1.83. The van der Waals surface area contributed by atoms with Gasteiger partial charge in [-0.25, -0.2) is 4.98 Å². The minimum Gasteiger partial charge on any atom is -0.342 e. The Morgan fingerprint density at radius 2 is 1.97 bits per heavy atom. The van der Waals surface area contributed by atoms with Crippen molar-refractivity contribution in [3.63, 3.8) is 0 Å². The summed E-state index contributed by atoms with van der Waals surface area (Å²) >= 11 is 0. The first-order valence-corrected chi connectivity index (χ1v) is 10.3. The predicted octanol–water partition coefficient (Wildman–Crippen LogP) is 3.29. The molecule has 1 aliphatic rings. The van der Waals surface area contributed by atoms with Crippen LogP contribution in [0.4, 0.5) is 0 Å². The highest BCUT2D eigenvalue weighted by molar-refractivity contribution is 6.08. The summed E-state index contributed by atoms with van der Waals surface area (Å²) in [6.07, 6.45) is 3.73. The number of benzene rings is 1. The Morgan fingerprint density at radius 1 is 1.20 bits per heavy atom. The van der Waals surface area contributed by atoms with Crippen LogP contribution in [0.2, 0.25) is 0 Å². The molecule has 0 aliphatic carbocycles. The van der Waals surface area contributed by atoms with E-state index in [1.807, 2.05) is 42.1 Å². The molecule has 0 spiro atoms. The Morgan fingerprint density at radius 3 is 2.67 bits per heavy atom. The largest absolute Gasteiger partial charge is 0.342 e. The number of hydrogen-bond donors (Lipinski definition) is 0. The van der Waals surface area contributed by atoms with Gasteiger partial charge in [0, 0.05) is 43.3 Å². The van der Waals surface area contributed by atoms with Crippen molar-refractivity contribution in [2.45, 2.75) is 39.8 Å². The number of carbonyl (C=O) groups excluding carboxylic acids is 2. The molecule has 7 heteroatoms. The van der Waals surface area contributed by atoms with Gasteiger partial charge in [0.2, 0.25) is 5.91 Å². The molecule has 3 aromatic rings. The number of amides is 2. The third-order valence-corrected chi connectivity index (χ3v) is 5.76. The molecule has 0 unspecified atom stereocenters. The van der Waals surface area contributed by atoms with E-state index in [9.17, 15) is 9.59 Å². The Hall–Kier alpha value is -3.22. The number of aromatic nitrogens is 3. The third kappa shape index (κ3) is 3.44. The summed E-state index contributed by atoms with van der Waals surface area (Å²) in [5.41, 5.74) is 3.98. The van der Waals surface area contributed by atoms with Gasteiger partial charge in [-0.3, -0.25) is 14.3 Å². The third-order valence-electron chi connectivity index (χ3n) is 5.76. The van der Waals surface area contributed by atoms with Gasteiger partial charge < -0.3 is 9.80 Å². The summed E-state index contributed by atoms with van der Waals surface area (Å²) in [6.45, 7) is 8.97. The molecule has 1 atom stereocenters. The summed E-state index contributed by atoms with van der Waals surface area (Å²) < 4.78 is 1.88. The fraction of sp³-hybridized carbons (Fsp3) is 0.391. The molecule has 1 fully saturated rings. The molecule has 0 N–H and O–H groups in total. The molecule has 1 aliphatic heterocycles. The summed E-state index contributed by atoms with van der Waals surface area (Å²) in [6, 6.07) is 7.49. The first kappa shape index (κ1) is 20.1. The van der Waals surface area contributed by atoms with E-state index in [-0.39, 0.29) is 17.9 Å². The van der Waals surface area contributed by atoms with Crippen LogP contribution in [-0.4, -0.2) is 62.6 Å². The molecule has 1 saturated heterocycles. The normalized spacial score (nSPS) is 17.3. The lowest BCUT2D eigenvalue weighted by Gasteiger charge is -2.37. The monoisotopic (exact) mass is 405 g/mol. The lowest BCUT2D eigenvalue weighted by atomic mass is 10.0. The first-order valence-electron chi connectivity index (χ1n) is 10.3. The maximum Gasteiger partial charge on any atom is 0.255 e. The standard InChI is InChI=1S/C23H27N5O2/c1-14(2)28-13-17(12-24-28)20-11-19(18-7-6-15(3)10-21(18)25-20)23(30)27-9-8-26(5)22(29)16(27)4/h6-7,10-14,16H,8-9H2,1-5H3/t16-/m0/s1. The minimum absolute atomic E-state index is 0.0396. The summed E-state index contributed by atoms with van der Waals surface area (Å²) in [7, 11) is 1.77. The van der Waals surface area contributed by atoms with E-state index in [1.165, 1.54) is 0 Å². The smallest absolute Gasteiger partial charge is 0.255 e. The number of fused-ring (bicyclic) bond motifs is 1. The summed E-state index contributed by atoms with van der Waals surface area (Å²) in [5, 5.41) is 5.21. The molecule has 2 aromatic heterocycles. The van der Waals surface area contributed by atoms with Crippen LogP contribution in [-0.2, 0) is 4.79 Å². The number of rotatable bonds is 3. The topological polar surface area (TPSA) is 71.3 Å². The van der Waals surface area contributed by atoms with Gasteiger partial charge in [0.05, 0.1) is 23.0 Å².